The van der Waals surface area contributed by atoms with Crippen LogP contribution in [0.5, 0.6) is 5.75 Å². The van der Waals surface area contributed by atoms with Crippen LogP contribution in [0.25, 0.3) is 0 Å². The Balaban J connectivity index is 0.00000225. The van der Waals surface area contributed by atoms with Gasteiger partial charge in [0.15, 0.2) is 17.4 Å². The molecule has 2 heterocycles. The molecule has 6 nitrogen and oxygen atoms in total. The summed E-state index contributed by atoms with van der Waals surface area (Å²) in [6, 6.07) is 3.82. The molecule has 25 heavy (non-hydrogen) atoms. The van der Waals surface area contributed by atoms with Gasteiger partial charge in [-0.05, 0) is 32.0 Å². The number of carbonyl (C=O) groups excluding carboxylic acids is 1. The second kappa shape index (κ2) is 7.79. The topological polar surface area (TPSA) is 68.2 Å². The first-order valence-electron chi connectivity index (χ1n) is 7.62. The molecule has 1 aromatic heterocycles. The Morgan fingerprint density at radius 3 is 2.48 bits per heavy atom. The zero-order chi connectivity index (χ0) is 17.2. The summed E-state index contributed by atoms with van der Waals surface area (Å²) in [6.45, 7) is 1.30. The third-order valence-electron chi connectivity index (χ3n) is 4.26. The summed E-state index contributed by atoms with van der Waals surface area (Å²) in [7, 11) is 1.18. The molecule has 0 saturated carbocycles. The van der Waals surface area contributed by atoms with Crippen LogP contribution in [0.3, 0.4) is 0 Å². The van der Waals surface area contributed by atoms with Gasteiger partial charge in [0.05, 0.1) is 7.11 Å². The van der Waals surface area contributed by atoms with Crippen LogP contribution < -0.4 is 15.4 Å². The molecular formula is C16H19ClF2N4O2. The molecule has 3 rings (SSSR count). The molecule has 0 unspecified atom stereocenters. The van der Waals surface area contributed by atoms with Crippen molar-refractivity contribution in [2.24, 2.45) is 0 Å². The fourth-order valence-electron chi connectivity index (χ4n) is 3.00. The molecule has 9 heteroatoms. The normalized spacial score (nSPS) is 16.0. The second-order valence-electron chi connectivity index (χ2n) is 5.66. The highest BCUT2D eigenvalue weighted by molar-refractivity contribution is 5.96. The SMILES string of the molecule is COc1c(F)cc(NC(=O)C2(n3cccn3)CCNCC2)cc1F.Cl. The van der Waals surface area contributed by atoms with Crippen molar-refractivity contribution in [3.05, 3.63) is 42.2 Å². The maximum atomic E-state index is 13.8. The molecule has 1 amide bonds. The van der Waals surface area contributed by atoms with Crippen LogP contribution in [0.1, 0.15) is 12.8 Å². The molecule has 1 aliphatic heterocycles. The first kappa shape index (κ1) is 19.1. The zero-order valence-corrected chi connectivity index (χ0v) is 14.4. The molecule has 0 aliphatic carbocycles. The number of halogens is 3. The van der Waals surface area contributed by atoms with E-state index >= 15 is 0 Å². The minimum absolute atomic E-state index is 0. The summed E-state index contributed by atoms with van der Waals surface area (Å²) in [5, 5.41) is 10.0. The average molecular weight is 373 g/mol. The maximum Gasteiger partial charge on any atom is 0.252 e. The molecule has 1 saturated heterocycles. The molecule has 0 spiro atoms. The van der Waals surface area contributed by atoms with Gasteiger partial charge in [-0.15, -0.1) is 12.4 Å². The molecule has 0 atom stereocenters. The van der Waals surface area contributed by atoms with Gasteiger partial charge in [0, 0.05) is 30.2 Å². The number of nitrogens with one attached hydrogen (secondary N) is 2. The Hall–Kier alpha value is -2.19. The predicted octanol–water partition coefficient (Wildman–Crippen LogP) is 2.31. The van der Waals surface area contributed by atoms with E-state index in [2.05, 4.69) is 20.5 Å². The lowest BCUT2D eigenvalue weighted by Crippen LogP contribution is -2.52. The molecular weight excluding hydrogens is 354 g/mol. The molecule has 2 N–H and O–H groups in total. The maximum absolute atomic E-state index is 13.8. The largest absolute Gasteiger partial charge is 0.491 e. The van der Waals surface area contributed by atoms with Gasteiger partial charge in [0.1, 0.15) is 5.54 Å². The molecule has 1 fully saturated rings. The molecule has 1 aromatic carbocycles. The number of hydrogen-bond acceptors (Lipinski definition) is 4. The monoisotopic (exact) mass is 372 g/mol. The Morgan fingerprint density at radius 1 is 1.32 bits per heavy atom. The quantitative estimate of drug-likeness (QED) is 0.864. The second-order valence-corrected chi connectivity index (χ2v) is 5.66. The number of amides is 1. The van der Waals surface area contributed by atoms with Crippen molar-refractivity contribution in [3.8, 4) is 5.75 Å². The number of aromatic nitrogens is 2. The number of anilines is 1. The van der Waals surface area contributed by atoms with Crippen molar-refractivity contribution in [2.45, 2.75) is 18.4 Å². The third-order valence-corrected chi connectivity index (χ3v) is 4.26. The molecule has 0 radical (unpaired) electrons. The fraction of sp³-hybridized carbons (Fsp3) is 0.375. The molecule has 2 aromatic rings. The molecule has 1 aliphatic rings. The lowest BCUT2D eigenvalue weighted by Gasteiger charge is -2.36. The van der Waals surface area contributed by atoms with Gasteiger partial charge >= 0.3 is 0 Å². The van der Waals surface area contributed by atoms with Crippen LogP contribution in [-0.2, 0) is 10.3 Å². The number of carbonyl (C=O) groups is 1. The number of rotatable bonds is 4. The summed E-state index contributed by atoms with van der Waals surface area (Å²) < 4.78 is 33.9. The van der Waals surface area contributed by atoms with Crippen molar-refractivity contribution in [3.63, 3.8) is 0 Å². The zero-order valence-electron chi connectivity index (χ0n) is 13.6. The van der Waals surface area contributed by atoms with Gasteiger partial charge in [-0.3, -0.25) is 9.48 Å². The average Bonchev–Trinajstić information content (AvgIpc) is 3.10. The van der Waals surface area contributed by atoms with Gasteiger partial charge in [-0.2, -0.15) is 5.10 Å². The van der Waals surface area contributed by atoms with E-state index in [0.717, 1.165) is 12.1 Å². The Kier molecular flexibility index (Phi) is 5.97. The Morgan fingerprint density at radius 2 is 1.96 bits per heavy atom. The third kappa shape index (κ3) is 3.59. The van der Waals surface area contributed by atoms with Gasteiger partial charge in [-0.25, -0.2) is 8.78 Å². The summed E-state index contributed by atoms with van der Waals surface area (Å²) in [6.07, 6.45) is 4.38. The van der Waals surface area contributed by atoms with Crippen LogP contribution in [0.4, 0.5) is 14.5 Å². The first-order valence-corrected chi connectivity index (χ1v) is 7.62. The Labute approximate surface area is 150 Å². The smallest absolute Gasteiger partial charge is 0.252 e. The van der Waals surface area contributed by atoms with Crippen molar-refractivity contribution >= 4 is 24.0 Å². The Bertz CT molecular complexity index is 711. The predicted molar refractivity (Wildman–Crippen MR) is 91.1 cm³/mol. The number of benzene rings is 1. The van der Waals surface area contributed by atoms with Gasteiger partial charge in [-0.1, -0.05) is 0 Å². The summed E-state index contributed by atoms with van der Waals surface area (Å²) >= 11 is 0. The summed E-state index contributed by atoms with van der Waals surface area (Å²) in [5.41, 5.74) is -0.845. The minimum atomic E-state index is -0.887. The summed E-state index contributed by atoms with van der Waals surface area (Å²) in [4.78, 5) is 12.9. The van der Waals surface area contributed by atoms with Gasteiger partial charge < -0.3 is 15.4 Å². The highest BCUT2D eigenvalue weighted by Crippen LogP contribution is 2.30. The standard InChI is InChI=1S/C16H18F2N4O2.ClH/c1-24-14-12(17)9-11(10-13(14)18)21-15(23)16(3-6-19-7-4-16)22-8-2-5-20-22;/h2,5,8-10,19H,3-4,6-7H2,1H3,(H,21,23);1H. The van der Waals surface area contributed by atoms with E-state index < -0.39 is 22.9 Å². The van der Waals surface area contributed by atoms with Crippen molar-refractivity contribution in [1.29, 1.82) is 0 Å². The van der Waals surface area contributed by atoms with Crippen LogP contribution in [-0.4, -0.2) is 35.9 Å². The highest BCUT2D eigenvalue weighted by atomic mass is 35.5. The number of methoxy groups -OCH3 is 1. The van der Waals surface area contributed by atoms with Gasteiger partial charge in [0.25, 0.3) is 5.91 Å². The molecule has 136 valence electrons. The van der Waals surface area contributed by atoms with Crippen LogP contribution in [0.15, 0.2) is 30.6 Å². The van der Waals surface area contributed by atoms with Crippen LogP contribution >= 0.6 is 12.4 Å². The number of ether oxygens (including phenoxy) is 1. The van der Waals surface area contributed by atoms with E-state index in [1.54, 1.807) is 23.1 Å². The number of piperidine rings is 1. The van der Waals surface area contributed by atoms with E-state index in [0.29, 0.717) is 25.9 Å². The van der Waals surface area contributed by atoms with Gasteiger partial charge in [0.2, 0.25) is 0 Å². The van der Waals surface area contributed by atoms with E-state index in [-0.39, 0.29) is 24.0 Å². The highest BCUT2D eigenvalue weighted by Gasteiger charge is 2.42. The lowest BCUT2D eigenvalue weighted by atomic mass is 9.87. The van der Waals surface area contributed by atoms with Crippen molar-refractivity contribution in [1.82, 2.24) is 15.1 Å². The minimum Gasteiger partial charge on any atom is -0.491 e. The van der Waals surface area contributed by atoms with E-state index in [1.165, 1.54) is 7.11 Å². The van der Waals surface area contributed by atoms with E-state index in [4.69, 9.17) is 0 Å². The molecule has 0 bridgehead atoms. The first-order chi connectivity index (χ1) is 11.6. The van der Waals surface area contributed by atoms with Crippen LogP contribution in [0.2, 0.25) is 0 Å². The number of nitrogens with zero attached hydrogens (tertiary/aromatic N) is 2. The van der Waals surface area contributed by atoms with Crippen molar-refractivity contribution < 1.29 is 18.3 Å². The number of hydrogen-bond donors (Lipinski definition) is 2. The summed E-state index contributed by atoms with van der Waals surface area (Å²) in [5.74, 6) is -2.56. The lowest BCUT2D eigenvalue weighted by molar-refractivity contribution is -0.126. The fourth-order valence-corrected chi connectivity index (χ4v) is 3.00. The van der Waals surface area contributed by atoms with Crippen LogP contribution in [0, 0.1) is 11.6 Å². The van der Waals surface area contributed by atoms with E-state index in [9.17, 15) is 13.6 Å². The van der Waals surface area contributed by atoms with Crippen molar-refractivity contribution in [2.75, 3.05) is 25.5 Å². The van der Waals surface area contributed by atoms with E-state index in [1.807, 2.05) is 0 Å².